The fourth-order valence-corrected chi connectivity index (χ4v) is 2.37. The third-order valence-electron chi connectivity index (χ3n) is 3.57. The van der Waals surface area contributed by atoms with Crippen LogP contribution in [0.2, 0.25) is 0 Å². The molecule has 0 saturated carbocycles. The van der Waals surface area contributed by atoms with Gasteiger partial charge in [-0.1, -0.05) is 48.5 Å². The fourth-order valence-electron chi connectivity index (χ4n) is 2.37. The summed E-state index contributed by atoms with van der Waals surface area (Å²) in [6.07, 6.45) is 0.753. The second kappa shape index (κ2) is 8.45. The van der Waals surface area contributed by atoms with Crippen molar-refractivity contribution in [3.8, 4) is 5.75 Å². The van der Waals surface area contributed by atoms with Crippen molar-refractivity contribution in [1.29, 1.82) is 0 Å². The Bertz CT molecular complexity index is 601. The van der Waals surface area contributed by atoms with Gasteiger partial charge >= 0.3 is 0 Å². The minimum Gasteiger partial charge on any atom is -0.662 e. The van der Waals surface area contributed by atoms with Gasteiger partial charge in [0.15, 0.2) is 0 Å². The van der Waals surface area contributed by atoms with Crippen LogP contribution in [0.1, 0.15) is 12.0 Å². The van der Waals surface area contributed by atoms with Crippen LogP contribution in [0.25, 0.3) is 0 Å². The molecule has 0 amide bonds. The molecule has 2 unspecified atom stereocenters. The van der Waals surface area contributed by atoms with E-state index in [-0.39, 0.29) is 44.7 Å². The van der Waals surface area contributed by atoms with Crippen molar-refractivity contribution in [2.45, 2.75) is 12.5 Å². The summed E-state index contributed by atoms with van der Waals surface area (Å²) in [7, 11) is 0. The van der Waals surface area contributed by atoms with E-state index < -0.39 is 0 Å². The summed E-state index contributed by atoms with van der Waals surface area (Å²) < 4.78 is 5.61. The summed E-state index contributed by atoms with van der Waals surface area (Å²) in [5.41, 5.74) is 5.29. The van der Waals surface area contributed by atoms with Crippen molar-refractivity contribution >= 4 is 5.71 Å². The monoisotopic (exact) mass is 367 g/mol. The van der Waals surface area contributed by atoms with Gasteiger partial charge in [0, 0.05) is 44.5 Å². The maximum absolute atomic E-state index is 5.61. The maximum atomic E-state index is 5.61. The van der Waals surface area contributed by atoms with Crippen molar-refractivity contribution in [1.82, 2.24) is 5.43 Å². The third-order valence-corrected chi connectivity index (χ3v) is 3.57. The number of hydrogen-bond donors (Lipinski definition) is 1. The van der Waals surface area contributed by atoms with Crippen molar-refractivity contribution in [3.05, 3.63) is 79.8 Å². The molecule has 1 radical (unpaired) electrons. The predicted molar refractivity (Wildman–Crippen MR) is 84.7 cm³/mol. The average molecular weight is 367 g/mol. The van der Waals surface area contributed by atoms with Crippen molar-refractivity contribution < 1.29 is 37.4 Å². The molecule has 0 fully saturated rings. The van der Waals surface area contributed by atoms with Crippen molar-refractivity contribution in [3.63, 3.8) is 0 Å². The smallest absolute Gasteiger partial charge is 0.0845 e. The van der Waals surface area contributed by atoms with E-state index in [1.54, 1.807) is 0 Å². The van der Waals surface area contributed by atoms with E-state index in [9.17, 15) is 0 Å². The van der Waals surface area contributed by atoms with Crippen molar-refractivity contribution in [2.75, 3.05) is 0 Å². The van der Waals surface area contributed by atoms with E-state index in [0.29, 0.717) is 0 Å². The Hall–Kier alpha value is -1.19. The van der Waals surface area contributed by atoms with Crippen LogP contribution in [-0.4, -0.2) is 11.8 Å². The largest absolute Gasteiger partial charge is 0.662 e. The topological polar surface area (TPSA) is 33.6 Å². The Labute approximate surface area is 157 Å². The SMILES string of the molecule is [CH2-]C1C(c2ccccc2)=NNC1C[CH-]Oc1ccccc1.[Y]. The summed E-state index contributed by atoms with van der Waals surface area (Å²) in [5, 5.41) is 4.42. The van der Waals surface area contributed by atoms with Gasteiger partial charge < -0.3 is 17.1 Å². The van der Waals surface area contributed by atoms with Crippen LogP contribution in [0.4, 0.5) is 0 Å². The molecule has 0 bridgehead atoms. The molecule has 4 heteroatoms. The first-order chi connectivity index (χ1) is 10.3. The molecule has 0 aliphatic carbocycles. The van der Waals surface area contributed by atoms with Gasteiger partial charge in [0.1, 0.15) is 0 Å². The van der Waals surface area contributed by atoms with Gasteiger partial charge in [-0.05, 0) is 17.7 Å². The van der Waals surface area contributed by atoms with E-state index in [0.717, 1.165) is 23.4 Å². The number of rotatable bonds is 5. The van der Waals surface area contributed by atoms with Gasteiger partial charge in [-0.15, -0.1) is 12.3 Å². The summed E-state index contributed by atoms with van der Waals surface area (Å²) in [4.78, 5) is 0. The quantitative estimate of drug-likeness (QED) is 0.822. The molecule has 111 valence electrons. The van der Waals surface area contributed by atoms with E-state index in [1.807, 2.05) is 55.1 Å². The molecule has 3 rings (SSSR count). The number of ether oxygens (including phenoxy) is 1. The normalized spacial score (nSPS) is 19.8. The Balaban J connectivity index is 0.00000176. The third kappa shape index (κ3) is 4.18. The molecule has 2 atom stereocenters. The molecule has 1 aliphatic heterocycles. The van der Waals surface area contributed by atoms with E-state index in [2.05, 4.69) is 29.6 Å². The molecule has 2 aromatic rings. The van der Waals surface area contributed by atoms with E-state index in [1.165, 1.54) is 0 Å². The molecule has 1 N–H and O–H groups in total. The van der Waals surface area contributed by atoms with Gasteiger partial charge in [-0.2, -0.15) is 11.7 Å². The molecule has 0 spiro atoms. The maximum Gasteiger partial charge on any atom is 0.0845 e. The van der Waals surface area contributed by atoms with E-state index >= 15 is 0 Å². The average Bonchev–Trinajstić information content (AvgIpc) is 2.90. The van der Waals surface area contributed by atoms with Gasteiger partial charge in [0.2, 0.25) is 0 Å². The first kappa shape index (κ1) is 17.2. The first-order valence-corrected chi connectivity index (χ1v) is 7.09. The second-order valence-electron chi connectivity index (χ2n) is 5.04. The molecule has 22 heavy (non-hydrogen) atoms. The number of benzene rings is 2. The number of hydrazone groups is 1. The van der Waals surface area contributed by atoms with Crippen LogP contribution in [0.3, 0.4) is 0 Å². The van der Waals surface area contributed by atoms with Crippen LogP contribution in [0.15, 0.2) is 65.8 Å². The number of nitrogens with one attached hydrogen (secondary N) is 1. The number of nitrogens with zero attached hydrogens (tertiary/aromatic N) is 1. The van der Waals surface area contributed by atoms with Crippen LogP contribution in [-0.2, 0) is 32.7 Å². The minimum atomic E-state index is 0. The summed E-state index contributed by atoms with van der Waals surface area (Å²) in [6, 6.07) is 20.1. The van der Waals surface area contributed by atoms with Gasteiger partial charge in [0.25, 0.3) is 0 Å². The molecular formula is C18H18N2OY-2. The predicted octanol–water partition coefficient (Wildman–Crippen LogP) is 3.44. The van der Waals surface area contributed by atoms with Crippen LogP contribution in [0.5, 0.6) is 5.75 Å². The van der Waals surface area contributed by atoms with Gasteiger partial charge in [-0.25, -0.2) is 0 Å². The molecule has 0 saturated heterocycles. The molecule has 1 aliphatic rings. The zero-order valence-corrected chi connectivity index (χ0v) is 15.2. The Morgan fingerprint density at radius 2 is 1.68 bits per heavy atom. The molecule has 2 aromatic carbocycles. The fraction of sp³-hybridized carbons (Fsp3) is 0.167. The van der Waals surface area contributed by atoms with E-state index in [4.69, 9.17) is 4.74 Å². The van der Waals surface area contributed by atoms with Crippen LogP contribution in [0, 0.1) is 19.4 Å². The zero-order chi connectivity index (χ0) is 14.5. The second-order valence-corrected chi connectivity index (χ2v) is 5.04. The molecule has 1 heterocycles. The zero-order valence-electron chi connectivity index (χ0n) is 12.4. The van der Waals surface area contributed by atoms with Gasteiger partial charge in [0.05, 0.1) is 5.75 Å². The summed E-state index contributed by atoms with van der Waals surface area (Å²) in [6.45, 7) is 6.05. The first-order valence-electron chi connectivity index (χ1n) is 7.09. The van der Waals surface area contributed by atoms with Gasteiger partial charge in [-0.3, -0.25) is 0 Å². The molecule has 3 nitrogen and oxygen atoms in total. The number of hydrogen-bond acceptors (Lipinski definition) is 3. The Morgan fingerprint density at radius 3 is 2.36 bits per heavy atom. The summed E-state index contributed by atoms with van der Waals surface area (Å²) >= 11 is 0. The van der Waals surface area contributed by atoms with Crippen LogP contribution < -0.4 is 10.2 Å². The summed E-state index contributed by atoms with van der Waals surface area (Å²) in [5.74, 6) is 0.961. The molecule has 0 aromatic heterocycles. The minimum absolute atomic E-state index is 0. The number of para-hydroxylation sites is 1. The Morgan fingerprint density at radius 1 is 1.05 bits per heavy atom. The molecular weight excluding hydrogens is 349 g/mol. The van der Waals surface area contributed by atoms with Crippen molar-refractivity contribution in [2.24, 2.45) is 11.0 Å². The Kier molecular flexibility index (Phi) is 6.59. The standard InChI is InChI=1S/C18H18N2O.Y/c1-14-17(12-13-21-16-10-6-3-7-11-16)19-20-18(14)15-8-4-2-5-9-15;/h2-11,13-14,17,19H,1,12H2;/q-2;. The van der Waals surface area contributed by atoms with Crippen LogP contribution >= 0.6 is 0 Å².